The van der Waals surface area contributed by atoms with Crippen LogP contribution in [0.4, 0.5) is 11.4 Å². The third-order valence-electron chi connectivity index (χ3n) is 6.39. The van der Waals surface area contributed by atoms with Crippen LogP contribution in [0.15, 0.2) is 48.5 Å². The number of carbonyl (C=O) groups is 3. The van der Waals surface area contributed by atoms with Crippen LogP contribution in [0.1, 0.15) is 6.42 Å². The molecule has 0 radical (unpaired) electrons. The Bertz CT molecular complexity index is 1070. The van der Waals surface area contributed by atoms with Gasteiger partial charge < -0.3 is 28.9 Å². The number of ether oxygens (including phenoxy) is 3. The number of amides is 2. The number of nitrogens with zero attached hydrogens (tertiary/aromatic N) is 3. The second kappa shape index (κ2) is 9.62. The highest BCUT2D eigenvalue weighted by atomic mass is 16.6. The summed E-state index contributed by atoms with van der Waals surface area (Å²) in [6.07, 6.45) is 0.0528. The molecule has 178 valence electrons. The molecule has 0 N–H and O–H groups in total. The van der Waals surface area contributed by atoms with E-state index in [1.165, 1.54) is 0 Å². The quantitative estimate of drug-likeness (QED) is 0.621. The lowest BCUT2D eigenvalue weighted by Gasteiger charge is -2.36. The maximum atomic E-state index is 12.6. The third-order valence-corrected chi connectivity index (χ3v) is 6.39. The molecule has 0 unspecified atom stereocenters. The van der Waals surface area contributed by atoms with Gasteiger partial charge in [-0.3, -0.25) is 14.4 Å². The van der Waals surface area contributed by atoms with Gasteiger partial charge in [-0.15, -0.1) is 0 Å². The SMILES string of the molecule is O=C(OCC(=O)N1CCN(c2ccccc2)CC1)[C@H]1CC(=O)N(c2ccc3c(c2)OCCO3)C1. The van der Waals surface area contributed by atoms with Crippen LogP contribution >= 0.6 is 0 Å². The molecule has 0 saturated carbocycles. The average Bonchev–Trinajstić information content (AvgIpc) is 3.29. The third kappa shape index (κ3) is 4.64. The fourth-order valence-corrected chi connectivity index (χ4v) is 4.51. The number of anilines is 2. The molecule has 3 aliphatic heterocycles. The van der Waals surface area contributed by atoms with E-state index in [1.807, 2.05) is 18.2 Å². The number of piperazine rings is 1. The van der Waals surface area contributed by atoms with Crippen LogP contribution < -0.4 is 19.3 Å². The van der Waals surface area contributed by atoms with E-state index < -0.39 is 11.9 Å². The largest absolute Gasteiger partial charge is 0.486 e. The number of fused-ring (bicyclic) bond motifs is 1. The van der Waals surface area contributed by atoms with E-state index in [1.54, 1.807) is 28.0 Å². The number of rotatable bonds is 5. The van der Waals surface area contributed by atoms with Crippen molar-refractivity contribution in [3.8, 4) is 11.5 Å². The van der Waals surface area contributed by atoms with Gasteiger partial charge in [0.1, 0.15) is 13.2 Å². The minimum atomic E-state index is -0.608. The molecule has 5 rings (SSSR count). The van der Waals surface area contributed by atoms with E-state index in [0.29, 0.717) is 43.5 Å². The molecule has 2 fully saturated rings. The number of hydrogen-bond donors (Lipinski definition) is 0. The van der Waals surface area contributed by atoms with Crippen molar-refractivity contribution in [1.29, 1.82) is 0 Å². The van der Waals surface area contributed by atoms with Gasteiger partial charge in [0.15, 0.2) is 18.1 Å². The smallest absolute Gasteiger partial charge is 0.311 e. The first-order valence-corrected chi connectivity index (χ1v) is 11.5. The second-order valence-electron chi connectivity index (χ2n) is 8.54. The lowest BCUT2D eigenvalue weighted by Crippen LogP contribution is -2.50. The summed E-state index contributed by atoms with van der Waals surface area (Å²) in [4.78, 5) is 43.2. The lowest BCUT2D eigenvalue weighted by atomic mass is 10.1. The monoisotopic (exact) mass is 465 g/mol. The molecule has 34 heavy (non-hydrogen) atoms. The summed E-state index contributed by atoms with van der Waals surface area (Å²) < 4.78 is 16.4. The Morgan fingerprint density at radius 1 is 0.912 bits per heavy atom. The van der Waals surface area contributed by atoms with Crippen molar-refractivity contribution in [2.75, 3.05) is 62.3 Å². The van der Waals surface area contributed by atoms with Crippen LogP contribution in [-0.2, 0) is 19.1 Å². The van der Waals surface area contributed by atoms with Gasteiger partial charge in [-0.1, -0.05) is 18.2 Å². The topological polar surface area (TPSA) is 88.6 Å². The van der Waals surface area contributed by atoms with Gasteiger partial charge in [-0.25, -0.2) is 0 Å². The van der Waals surface area contributed by atoms with Crippen molar-refractivity contribution < 1.29 is 28.6 Å². The van der Waals surface area contributed by atoms with Gasteiger partial charge in [0.05, 0.1) is 5.92 Å². The number of esters is 1. The van der Waals surface area contributed by atoms with E-state index in [9.17, 15) is 14.4 Å². The minimum Gasteiger partial charge on any atom is -0.486 e. The van der Waals surface area contributed by atoms with Crippen LogP contribution in [0.5, 0.6) is 11.5 Å². The molecule has 0 bridgehead atoms. The zero-order chi connectivity index (χ0) is 23.5. The summed E-state index contributed by atoms with van der Waals surface area (Å²) in [6, 6.07) is 15.4. The molecule has 3 heterocycles. The summed E-state index contributed by atoms with van der Waals surface area (Å²) in [5, 5.41) is 0. The number of hydrogen-bond acceptors (Lipinski definition) is 7. The predicted octanol–water partition coefficient (Wildman–Crippen LogP) is 1.70. The van der Waals surface area contributed by atoms with Gasteiger partial charge in [-0.2, -0.15) is 0 Å². The van der Waals surface area contributed by atoms with Crippen LogP contribution in [0.2, 0.25) is 0 Å². The predicted molar refractivity (Wildman–Crippen MR) is 124 cm³/mol. The summed E-state index contributed by atoms with van der Waals surface area (Å²) in [7, 11) is 0. The highest BCUT2D eigenvalue weighted by molar-refractivity contribution is 6.00. The summed E-state index contributed by atoms with van der Waals surface area (Å²) in [5.74, 6) is -0.287. The molecule has 0 spiro atoms. The summed E-state index contributed by atoms with van der Waals surface area (Å²) in [6.45, 7) is 3.45. The van der Waals surface area contributed by atoms with Crippen molar-refractivity contribution in [2.45, 2.75) is 6.42 Å². The molecule has 2 aromatic carbocycles. The van der Waals surface area contributed by atoms with Gasteiger partial charge >= 0.3 is 5.97 Å². The zero-order valence-electron chi connectivity index (χ0n) is 18.9. The van der Waals surface area contributed by atoms with Crippen LogP contribution in [0, 0.1) is 5.92 Å². The first kappa shape index (κ1) is 22.1. The van der Waals surface area contributed by atoms with Gasteiger partial charge in [-0.05, 0) is 24.3 Å². The Morgan fingerprint density at radius 3 is 2.41 bits per heavy atom. The van der Waals surface area contributed by atoms with E-state index >= 15 is 0 Å². The molecule has 0 aromatic heterocycles. The Morgan fingerprint density at radius 2 is 1.65 bits per heavy atom. The molecule has 2 aromatic rings. The van der Waals surface area contributed by atoms with Crippen molar-refractivity contribution in [3.05, 3.63) is 48.5 Å². The maximum Gasteiger partial charge on any atom is 0.311 e. The number of carbonyl (C=O) groups excluding carboxylic acids is 3. The minimum absolute atomic E-state index is 0.0528. The van der Waals surface area contributed by atoms with E-state index in [-0.39, 0.29) is 31.4 Å². The molecule has 9 heteroatoms. The van der Waals surface area contributed by atoms with Gasteiger partial charge in [0, 0.05) is 56.6 Å². The lowest BCUT2D eigenvalue weighted by molar-refractivity contribution is -0.155. The molecule has 3 aliphatic rings. The van der Waals surface area contributed by atoms with Crippen LogP contribution in [-0.4, -0.2) is 75.2 Å². The summed E-state index contributed by atoms with van der Waals surface area (Å²) in [5.41, 5.74) is 1.78. The Balaban J connectivity index is 1.11. The molecule has 2 amide bonds. The zero-order valence-corrected chi connectivity index (χ0v) is 18.9. The van der Waals surface area contributed by atoms with Crippen LogP contribution in [0.3, 0.4) is 0 Å². The highest BCUT2D eigenvalue weighted by Gasteiger charge is 2.37. The van der Waals surface area contributed by atoms with Crippen molar-refractivity contribution >= 4 is 29.2 Å². The molecule has 1 atom stereocenters. The second-order valence-corrected chi connectivity index (χ2v) is 8.54. The van der Waals surface area contributed by atoms with Crippen molar-refractivity contribution in [2.24, 2.45) is 5.92 Å². The van der Waals surface area contributed by atoms with Gasteiger partial charge in [0.25, 0.3) is 5.91 Å². The van der Waals surface area contributed by atoms with E-state index in [2.05, 4.69) is 17.0 Å². The molecular weight excluding hydrogens is 438 g/mol. The van der Waals surface area contributed by atoms with Crippen LogP contribution in [0.25, 0.3) is 0 Å². The normalized spacial score (nSPS) is 19.8. The van der Waals surface area contributed by atoms with Crippen molar-refractivity contribution in [1.82, 2.24) is 4.90 Å². The molecular formula is C25H27N3O6. The first-order valence-electron chi connectivity index (χ1n) is 11.5. The fraction of sp³-hybridized carbons (Fsp3) is 0.400. The maximum absolute atomic E-state index is 12.6. The number of para-hydroxylation sites is 1. The molecule has 0 aliphatic carbocycles. The highest BCUT2D eigenvalue weighted by Crippen LogP contribution is 2.36. The fourth-order valence-electron chi connectivity index (χ4n) is 4.51. The summed E-state index contributed by atoms with van der Waals surface area (Å²) >= 11 is 0. The Labute approximate surface area is 197 Å². The molecule has 9 nitrogen and oxygen atoms in total. The molecule has 2 saturated heterocycles. The average molecular weight is 466 g/mol. The van der Waals surface area contributed by atoms with E-state index in [4.69, 9.17) is 14.2 Å². The first-order chi connectivity index (χ1) is 16.6. The van der Waals surface area contributed by atoms with Crippen molar-refractivity contribution in [3.63, 3.8) is 0 Å². The number of benzene rings is 2. The Kier molecular flexibility index (Phi) is 6.24. The van der Waals surface area contributed by atoms with Gasteiger partial charge in [0.2, 0.25) is 5.91 Å². The Hall–Kier alpha value is -3.75. The van der Waals surface area contributed by atoms with E-state index in [0.717, 1.165) is 18.8 Å². The standard InChI is InChI=1S/C25H27N3O6/c29-23-14-18(16-28(23)20-6-7-21-22(15-20)33-13-12-32-21)25(31)34-17-24(30)27-10-8-26(9-11-27)19-4-2-1-3-5-19/h1-7,15,18H,8-14,16-17H2/t18-/m0/s1.